The highest BCUT2D eigenvalue weighted by atomic mass is 35.5. The van der Waals surface area contributed by atoms with Crippen molar-refractivity contribution in [3.8, 4) is 0 Å². The van der Waals surface area contributed by atoms with Gasteiger partial charge in [-0.25, -0.2) is 13.4 Å². The predicted molar refractivity (Wildman–Crippen MR) is 114 cm³/mol. The molecule has 1 fully saturated rings. The van der Waals surface area contributed by atoms with E-state index in [2.05, 4.69) is 11.9 Å². The van der Waals surface area contributed by atoms with Crippen LogP contribution in [0.2, 0.25) is 5.15 Å². The van der Waals surface area contributed by atoms with Crippen LogP contribution in [0, 0.1) is 5.92 Å². The fourth-order valence-corrected chi connectivity index (χ4v) is 5.45. The highest BCUT2D eigenvalue weighted by Crippen LogP contribution is 2.29. The fraction of sp³-hybridized carbons (Fsp3) is 0.429. The molecule has 8 heteroatoms. The Morgan fingerprint density at radius 2 is 1.86 bits per heavy atom. The molecule has 2 heterocycles. The summed E-state index contributed by atoms with van der Waals surface area (Å²) in [6.45, 7) is 3.35. The number of hydrogen-bond acceptors (Lipinski definition) is 4. The number of para-hydroxylation sites is 1. The van der Waals surface area contributed by atoms with E-state index >= 15 is 0 Å². The molecule has 0 atom stereocenters. The van der Waals surface area contributed by atoms with Crippen LogP contribution in [-0.2, 0) is 14.8 Å². The summed E-state index contributed by atoms with van der Waals surface area (Å²) in [6.07, 6.45) is 4.37. The van der Waals surface area contributed by atoms with Gasteiger partial charge >= 0.3 is 0 Å². The first kappa shape index (κ1) is 21.7. The number of aromatic nitrogens is 1. The number of piperidine rings is 1. The van der Waals surface area contributed by atoms with Crippen LogP contribution in [0.4, 0.5) is 5.69 Å². The van der Waals surface area contributed by atoms with Gasteiger partial charge in [0.25, 0.3) is 0 Å². The second kappa shape index (κ2) is 9.69. The number of carbonyl (C=O) groups excluding carboxylic acids is 1. The van der Waals surface area contributed by atoms with Gasteiger partial charge in [-0.3, -0.25) is 4.79 Å². The molecule has 1 aromatic heterocycles. The maximum absolute atomic E-state index is 13.2. The number of rotatable bonds is 7. The standard InChI is InChI=1S/C21H26ClN3O3S/c1-2-3-14-25(18-8-5-4-6-9-18)21(26)17-11-15-24(16-12-17)29(27,28)19-10-7-13-23-20(19)22/h4-10,13,17H,2-3,11-12,14-16H2,1H3. The zero-order chi connectivity index (χ0) is 20.9. The van der Waals surface area contributed by atoms with Crippen molar-refractivity contribution in [2.75, 3.05) is 24.5 Å². The number of halogens is 1. The normalized spacial score (nSPS) is 15.9. The van der Waals surface area contributed by atoms with Gasteiger partial charge in [-0.15, -0.1) is 0 Å². The number of carbonyl (C=O) groups is 1. The summed E-state index contributed by atoms with van der Waals surface area (Å²) in [7, 11) is -3.71. The summed E-state index contributed by atoms with van der Waals surface area (Å²) in [5.41, 5.74) is 0.892. The lowest BCUT2D eigenvalue weighted by atomic mass is 9.96. The van der Waals surface area contributed by atoms with E-state index in [1.807, 2.05) is 35.2 Å². The number of sulfonamides is 1. The number of anilines is 1. The van der Waals surface area contributed by atoms with Crippen molar-refractivity contribution in [2.24, 2.45) is 5.92 Å². The van der Waals surface area contributed by atoms with Gasteiger partial charge in [-0.2, -0.15) is 4.31 Å². The Bertz CT molecular complexity index is 929. The molecule has 1 aromatic carbocycles. The number of pyridine rings is 1. The molecule has 29 heavy (non-hydrogen) atoms. The number of amides is 1. The van der Waals surface area contributed by atoms with Crippen LogP contribution in [0.5, 0.6) is 0 Å². The number of nitrogens with zero attached hydrogens (tertiary/aromatic N) is 3. The highest BCUT2D eigenvalue weighted by Gasteiger charge is 2.35. The average Bonchev–Trinajstić information content (AvgIpc) is 2.75. The van der Waals surface area contributed by atoms with Crippen LogP contribution in [0.15, 0.2) is 53.6 Å². The Kier molecular flexibility index (Phi) is 7.27. The molecule has 0 radical (unpaired) electrons. The lowest BCUT2D eigenvalue weighted by molar-refractivity contribution is -0.123. The first-order valence-corrected chi connectivity index (χ1v) is 11.7. The zero-order valence-electron chi connectivity index (χ0n) is 16.5. The Hall–Kier alpha value is -1.96. The lowest BCUT2D eigenvalue weighted by Crippen LogP contribution is -2.44. The molecule has 1 amide bonds. The van der Waals surface area contributed by atoms with E-state index in [1.165, 1.54) is 16.6 Å². The third kappa shape index (κ3) is 4.97. The second-order valence-electron chi connectivity index (χ2n) is 7.15. The van der Waals surface area contributed by atoms with E-state index in [9.17, 15) is 13.2 Å². The third-order valence-corrected chi connectivity index (χ3v) is 7.56. The van der Waals surface area contributed by atoms with Crippen LogP contribution in [0.1, 0.15) is 32.6 Å². The quantitative estimate of drug-likeness (QED) is 0.617. The van der Waals surface area contributed by atoms with Crippen molar-refractivity contribution >= 4 is 33.2 Å². The van der Waals surface area contributed by atoms with Gasteiger partial charge in [-0.1, -0.05) is 43.1 Å². The van der Waals surface area contributed by atoms with E-state index in [-0.39, 0.29) is 21.9 Å². The third-order valence-electron chi connectivity index (χ3n) is 5.22. The number of benzene rings is 1. The Morgan fingerprint density at radius 3 is 2.48 bits per heavy atom. The molecule has 1 aliphatic heterocycles. The van der Waals surface area contributed by atoms with Crippen molar-refractivity contribution in [3.05, 3.63) is 53.8 Å². The largest absolute Gasteiger partial charge is 0.312 e. The molecule has 0 unspecified atom stereocenters. The van der Waals surface area contributed by atoms with Gasteiger partial charge in [-0.05, 0) is 43.5 Å². The molecule has 1 aliphatic rings. The maximum atomic E-state index is 13.2. The maximum Gasteiger partial charge on any atom is 0.246 e. The first-order valence-electron chi connectivity index (χ1n) is 9.92. The smallest absolute Gasteiger partial charge is 0.246 e. The van der Waals surface area contributed by atoms with Gasteiger partial charge in [0.05, 0.1) is 0 Å². The molecule has 1 saturated heterocycles. The van der Waals surface area contributed by atoms with Crippen molar-refractivity contribution in [1.29, 1.82) is 0 Å². The van der Waals surface area contributed by atoms with Crippen LogP contribution >= 0.6 is 11.6 Å². The molecule has 156 valence electrons. The first-order chi connectivity index (χ1) is 13.9. The fourth-order valence-electron chi connectivity index (χ4n) is 3.56. The molecule has 0 aliphatic carbocycles. The topological polar surface area (TPSA) is 70.6 Å². The summed E-state index contributed by atoms with van der Waals surface area (Å²) in [5, 5.41) is -0.0273. The molecule has 3 rings (SSSR count). The Labute approximate surface area is 177 Å². The molecular formula is C21H26ClN3O3S. The van der Waals surface area contributed by atoms with Crippen LogP contribution in [0.25, 0.3) is 0 Å². The van der Waals surface area contributed by atoms with E-state index in [4.69, 9.17) is 11.6 Å². The van der Waals surface area contributed by atoms with E-state index in [0.717, 1.165) is 18.5 Å². The van der Waals surface area contributed by atoms with Crippen molar-refractivity contribution in [2.45, 2.75) is 37.5 Å². The molecule has 0 bridgehead atoms. The number of hydrogen-bond donors (Lipinski definition) is 0. The summed E-state index contributed by atoms with van der Waals surface area (Å²) >= 11 is 5.99. The van der Waals surface area contributed by atoms with Crippen LogP contribution in [-0.4, -0.2) is 43.2 Å². The van der Waals surface area contributed by atoms with Crippen LogP contribution in [0.3, 0.4) is 0 Å². The van der Waals surface area contributed by atoms with Crippen molar-refractivity contribution in [3.63, 3.8) is 0 Å². The minimum atomic E-state index is -3.71. The molecule has 2 aromatic rings. The predicted octanol–water partition coefficient (Wildman–Crippen LogP) is 3.97. The molecule has 0 spiro atoms. The molecule has 0 N–H and O–H groups in total. The van der Waals surface area contributed by atoms with Gasteiger partial charge in [0.2, 0.25) is 15.9 Å². The minimum absolute atomic E-state index is 0.0142. The Morgan fingerprint density at radius 1 is 1.17 bits per heavy atom. The summed E-state index contributed by atoms with van der Waals surface area (Å²) in [5.74, 6) is -0.121. The SMILES string of the molecule is CCCCN(C(=O)C1CCN(S(=O)(=O)c2cccnc2Cl)CC1)c1ccccc1. The molecule has 6 nitrogen and oxygen atoms in total. The summed E-state index contributed by atoms with van der Waals surface area (Å²) in [4.78, 5) is 18.9. The summed E-state index contributed by atoms with van der Waals surface area (Å²) in [6, 6.07) is 12.7. The highest BCUT2D eigenvalue weighted by molar-refractivity contribution is 7.89. The van der Waals surface area contributed by atoms with Gasteiger partial charge in [0, 0.05) is 37.4 Å². The summed E-state index contributed by atoms with van der Waals surface area (Å²) < 4.78 is 27.2. The van der Waals surface area contributed by atoms with Gasteiger partial charge in [0.1, 0.15) is 10.0 Å². The van der Waals surface area contributed by atoms with Gasteiger partial charge < -0.3 is 4.90 Å². The number of unbranched alkanes of at least 4 members (excludes halogenated alkanes) is 1. The van der Waals surface area contributed by atoms with Crippen molar-refractivity contribution < 1.29 is 13.2 Å². The minimum Gasteiger partial charge on any atom is -0.312 e. The van der Waals surface area contributed by atoms with E-state index < -0.39 is 10.0 Å². The second-order valence-corrected chi connectivity index (χ2v) is 9.41. The van der Waals surface area contributed by atoms with E-state index in [0.29, 0.717) is 32.5 Å². The molecule has 0 saturated carbocycles. The monoisotopic (exact) mass is 435 g/mol. The zero-order valence-corrected chi connectivity index (χ0v) is 18.1. The average molecular weight is 436 g/mol. The molecular weight excluding hydrogens is 410 g/mol. The lowest BCUT2D eigenvalue weighted by Gasteiger charge is -2.33. The van der Waals surface area contributed by atoms with E-state index in [1.54, 1.807) is 6.07 Å². The van der Waals surface area contributed by atoms with Gasteiger partial charge in [0.15, 0.2) is 0 Å². The van der Waals surface area contributed by atoms with Crippen molar-refractivity contribution in [1.82, 2.24) is 9.29 Å². The Balaban J connectivity index is 1.70. The van der Waals surface area contributed by atoms with Crippen LogP contribution < -0.4 is 4.90 Å².